The molecule has 0 saturated carbocycles. The Hall–Kier alpha value is -1.92. The number of benzene rings is 1. The Kier molecular flexibility index (Phi) is 3.66. The van der Waals surface area contributed by atoms with Crippen LogP contribution in [0.2, 0.25) is 0 Å². The lowest BCUT2D eigenvalue weighted by molar-refractivity contribution is 0.191. The van der Waals surface area contributed by atoms with Crippen molar-refractivity contribution in [3.8, 4) is 5.75 Å². The molecule has 0 aliphatic carbocycles. The van der Waals surface area contributed by atoms with Crippen LogP contribution in [0.1, 0.15) is 29.7 Å². The van der Waals surface area contributed by atoms with Crippen LogP contribution in [0, 0.1) is 0 Å². The van der Waals surface area contributed by atoms with E-state index in [1.165, 1.54) is 0 Å². The van der Waals surface area contributed by atoms with Crippen molar-refractivity contribution in [1.29, 1.82) is 0 Å². The minimum atomic E-state index is -0.339. The Balaban J connectivity index is 1.70. The lowest BCUT2D eigenvalue weighted by Gasteiger charge is -2.02. The number of hydrogen-bond donors (Lipinski definition) is 2. The summed E-state index contributed by atoms with van der Waals surface area (Å²) in [6, 6.07) is 7.74. The molecule has 1 aromatic heterocycles. The summed E-state index contributed by atoms with van der Waals surface area (Å²) in [7, 11) is 1.64. The average molecular weight is 275 g/mol. The normalized spacial score (nSPS) is 22.1. The van der Waals surface area contributed by atoms with Gasteiger partial charge in [0.1, 0.15) is 5.75 Å². The summed E-state index contributed by atoms with van der Waals surface area (Å²) in [6.45, 7) is 0.568. The number of nitrogens with zero attached hydrogens (tertiary/aromatic N) is 2. The molecular formula is C14H17N3O3. The number of β-amino-alcohol motifs (C(OH)–C–C–N with tert-alkyl or cyclic N) is 1. The van der Waals surface area contributed by atoms with Crippen LogP contribution in [0.3, 0.4) is 0 Å². The Morgan fingerprint density at radius 3 is 3.15 bits per heavy atom. The zero-order valence-electron chi connectivity index (χ0n) is 11.2. The number of nitrogens with one attached hydrogen (secondary N) is 1. The molecule has 2 N–H and O–H groups in total. The minimum absolute atomic E-state index is 0.0449. The van der Waals surface area contributed by atoms with Crippen LogP contribution in [0.15, 0.2) is 28.8 Å². The molecule has 0 unspecified atom stereocenters. The molecule has 2 heterocycles. The van der Waals surface area contributed by atoms with E-state index < -0.39 is 0 Å². The van der Waals surface area contributed by atoms with Gasteiger partial charge in [0.2, 0.25) is 5.89 Å². The summed E-state index contributed by atoms with van der Waals surface area (Å²) in [5.41, 5.74) is 1.07. The third-order valence-electron chi connectivity index (χ3n) is 3.39. The van der Waals surface area contributed by atoms with Crippen molar-refractivity contribution in [3.05, 3.63) is 41.5 Å². The number of hydrogen-bond acceptors (Lipinski definition) is 6. The van der Waals surface area contributed by atoms with Gasteiger partial charge in [-0.25, -0.2) is 0 Å². The predicted molar refractivity (Wildman–Crippen MR) is 71.5 cm³/mol. The van der Waals surface area contributed by atoms with Crippen LogP contribution < -0.4 is 10.1 Å². The lowest BCUT2D eigenvalue weighted by atomic mass is 10.1. The molecule has 1 aliphatic rings. The van der Waals surface area contributed by atoms with Crippen molar-refractivity contribution in [2.24, 2.45) is 0 Å². The summed E-state index contributed by atoms with van der Waals surface area (Å²) < 4.78 is 10.4. The molecule has 20 heavy (non-hydrogen) atoms. The molecule has 0 amide bonds. The highest BCUT2D eigenvalue weighted by Gasteiger charge is 2.28. The highest BCUT2D eigenvalue weighted by Crippen LogP contribution is 2.22. The fraction of sp³-hybridized carbons (Fsp3) is 0.429. The first kappa shape index (κ1) is 13.1. The molecule has 0 spiro atoms. The van der Waals surface area contributed by atoms with E-state index in [0.717, 1.165) is 11.3 Å². The van der Waals surface area contributed by atoms with E-state index in [9.17, 15) is 5.11 Å². The lowest BCUT2D eigenvalue weighted by Crippen LogP contribution is -2.15. The molecule has 1 fully saturated rings. The molecule has 1 aliphatic heterocycles. The SMILES string of the molecule is COc1cccc(Cc2noc([C@H]3C[C@@H](O)CN3)n2)c1. The van der Waals surface area contributed by atoms with Crippen LogP contribution in [-0.4, -0.2) is 35.0 Å². The van der Waals surface area contributed by atoms with Crippen molar-refractivity contribution in [2.45, 2.75) is 25.0 Å². The number of rotatable bonds is 4. The van der Waals surface area contributed by atoms with Crippen LogP contribution in [0.4, 0.5) is 0 Å². The quantitative estimate of drug-likeness (QED) is 0.868. The predicted octanol–water partition coefficient (Wildman–Crippen LogP) is 1.06. The fourth-order valence-electron chi connectivity index (χ4n) is 2.35. The van der Waals surface area contributed by atoms with Gasteiger partial charge in [0.25, 0.3) is 0 Å². The van der Waals surface area contributed by atoms with Crippen LogP contribution in [-0.2, 0) is 6.42 Å². The van der Waals surface area contributed by atoms with Crippen molar-refractivity contribution in [1.82, 2.24) is 15.5 Å². The first-order valence-electron chi connectivity index (χ1n) is 6.61. The third-order valence-corrected chi connectivity index (χ3v) is 3.39. The maximum atomic E-state index is 9.49. The molecular weight excluding hydrogens is 258 g/mol. The second-order valence-corrected chi connectivity index (χ2v) is 4.93. The number of aliphatic hydroxyl groups is 1. The van der Waals surface area contributed by atoms with Gasteiger partial charge < -0.3 is 19.7 Å². The van der Waals surface area contributed by atoms with Gasteiger partial charge in [-0.05, 0) is 24.1 Å². The summed E-state index contributed by atoms with van der Waals surface area (Å²) in [5.74, 6) is 1.99. The summed E-state index contributed by atoms with van der Waals surface area (Å²) in [5, 5.41) is 16.6. The second kappa shape index (κ2) is 5.60. The topological polar surface area (TPSA) is 80.4 Å². The fourth-order valence-corrected chi connectivity index (χ4v) is 2.35. The van der Waals surface area contributed by atoms with Crippen molar-refractivity contribution in [3.63, 3.8) is 0 Å². The number of methoxy groups -OCH3 is 1. The van der Waals surface area contributed by atoms with E-state index >= 15 is 0 Å². The smallest absolute Gasteiger partial charge is 0.243 e. The second-order valence-electron chi connectivity index (χ2n) is 4.93. The number of ether oxygens (including phenoxy) is 1. The van der Waals surface area contributed by atoms with Crippen molar-refractivity contribution >= 4 is 0 Å². The molecule has 6 heteroatoms. The first-order valence-corrected chi connectivity index (χ1v) is 6.61. The van der Waals surface area contributed by atoms with Crippen molar-refractivity contribution < 1.29 is 14.4 Å². The van der Waals surface area contributed by atoms with E-state index in [0.29, 0.717) is 31.1 Å². The molecule has 3 rings (SSSR count). The Labute approximate surface area is 116 Å². The maximum absolute atomic E-state index is 9.49. The van der Waals surface area contributed by atoms with Gasteiger partial charge in [-0.1, -0.05) is 17.3 Å². The highest BCUT2D eigenvalue weighted by atomic mass is 16.5. The van der Waals surface area contributed by atoms with Crippen LogP contribution >= 0.6 is 0 Å². The minimum Gasteiger partial charge on any atom is -0.497 e. The van der Waals surface area contributed by atoms with Gasteiger partial charge in [0.05, 0.1) is 19.3 Å². The van der Waals surface area contributed by atoms with E-state index in [2.05, 4.69) is 15.5 Å². The van der Waals surface area contributed by atoms with E-state index in [4.69, 9.17) is 9.26 Å². The number of aliphatic hydroxyl groups excluding tert-OH is 1. The highest BCUT2D eigenvalue weighted by molar-refractivity contribution is 5.30. The molecule has 2 atom stereocenters. The zero-order valence-corrected chi connectivity index (χ0v) is 11.2. The van der Waals surface area contributed by atoms with E-state index in [1.54, 1.807) is 7.11 Å². The Morgan fingerprint density at radius 1 is 1.50 bits per heavy atom. The van der Waals surface area contributed by atoms with Gasteiger partial charge in [-0.2, -0.15) is 4.98 Å². The van der Waals surface area contributed by atoms with Gasteiger partial charge in [-0.15, -0.1) is 0 Å². The molecule has 1 saturated heterocycles. The molecule has 106 valence electrons. The standard InChI is InChI=1S/C14H17N3O3/c1-19-11-4-2-3-9(5-11)6-13-16-14(20-17-13)12-7-10(18)8-15-12/h2-5,10,12,15,18H,6-8H2,1H3/t10-,12-/m1/s1. The molecule has 6 nitrogen and oxygen atoms in total. The van der Waals surface area contributed by atoms with Crippen molar-refractivity contribution in [2.75, 3.05) is 13.7 Å². The maximum Gasteiger partial charge on any atom is 0.243 e. The number of aromatic nitrogens is 2. The van der Waals surface area contributed by atoms with Gasteiger partial charge in [0, 0.05) is 13.0 Å². The zero-order chi connectivity index (χ0) is 13.9. The monoisotopic (exact) mass is 275 g/mol. The largest absolute Gasteiger partial charge is 0.497 e. The molecule has 0 radical (unpaired) electrons. The van der Waals surface area contributed by atoms with Crippen LogP contribution in [0.5, 0.6) is 5.75 Å². The molecule has 1 aromatic carbocycles. The van der Waals surface area contributed by atoms with Crippen LogP contribution in [0.25, 0.3) is 0 Å². The molecule has 2 aromatic rings. The first-order chi connectivity index (χ1) is 9.74. The Bertz CT molecular complexity index is 585. The third kappa shape index (κ3) is 2.81. The summed E-state index contributed by atoms with van der Waals surface area (Å²) in [4.78, 5) is 4.39. The van der Waals surface area contributed by atoms with E-state index in [1.807, 2.05) is 24.3 Å². The molecule has 0 bridgehead atoms. The van der Waals surface area contributed by atoms with Gasteiger partial charge in [-0.3, -0.25) is 0 Å². The van der Waals surface area contributed by atoms with Gasteiger partial charge >= 0.3 is 0 Å². The summed E-state index contributed by atoms with van der Waals surface area (Å²) in [6.07, 6.45) is 0.866. The summed E-state index contributed by atoms with van der Waals surface area (Å²) >= 11 is 0. The van der Waals surface area contributed by atoms with Gasteiger partial charge in [0.15, 0.2) is 5.82 Å². The average Bonchev–Trinajstić information content (AvgIpc) is 3.08. The Morgan fingerprint density at radius 2 is 2.40 bits per heavy atom. The van der Waals surface area contributed by atoms with E-state index in [-0.39, 0.29) is 12.1 Å².